The molecule has 0 N–H and O–H groups in total. The Morgan fingerprint density at radius 2 is 1.88 bits per heavy atom. The standard InChI is InChI=1S/C18H21N3O3S/c1-18(2,3)16-14-15(12(10-19)11-21(16)4)24-20-17(14)25(22,23)13-8-6-5-7-9-13/h5-9,11,14-16H,1-4H3/t14-,15-,16-/m1/s1. The molecule has 0 aromatic heterocycles. The highest BCUT2D eigenvalue weighted by Gasteiger charge is 2.54. The number of oxime groups is 1. The molecule has 3 atom stereocenters. The van der Waals surface area contributed by atoms with E-state index in [1.54, 1.807) is 36.5 Å². The molecule has 2 aliphatic rings. The van der Waals surface area contributed by atoms with Crippen LogP contribution in [0.1, 0.15) is 20.8 Å². The lowest BCUT2D eigenvalue weighted by atomic mass is 9.73. The highest BCUT2D eigenvalue weighted by molar-refractivity contribution is 8.06. The number of hydrogen-bond acceptors (Lipinski definition) is 6. The molecular formula is C18H21N3O3S. The van der Waals surface area contributed by atoms with Crippen molar-refractivity contribution in [2.24, 2.45) is 16.5 Å². The van der Waals surface area contributed by atoms with Gasteiger partial charge >= 0.3 is 0 Å². The van der Waals surface area contributed by atoms with Crippen LogP contribution >= 0.6 is 0 Å². The van der Waals surface area contributed by atoms with E-state index in [1.165, 1.54) is 0 Å². The highest BCUT2D eigenvalue weighted by Crippen LogP contribution is 2.43. The molecule has 0 saturated heterocycles. The van der Waals surface area contributed by atoms with Gasteiger partial charge in [0.2, 0.25) is 9.84 Å². The van der Waals surface area contributed by atoms with Gasteiger partial charge in [-0.05, 0) is 17.5 Å². The molecule has 7 heteroatoms. The van der Waals surface area contributed by atoms with Gasteiger partial charge in [0.05, 0.1) is 16.4 Å². The Morgan fingerprint density at radius 3 is 2.44 bits per heavy atom. The molecule has 2 aliphatic heterocycles. The molecule has 0 fully saturated rings. The van der Waals surface area contributed by atoms with Gasteiger partial charge in [-0.25, -0.2) is 8.42 Å². The van der Waals surface area contributed by atoms with E-state index in [1.807, 2.05) is 32.7 Å². The van der Waals surface area contributed by atoms with Crippen molar-refractivity contribution in [1.29, 1.82) is 5.26 Å². The Balaban J connectivity index is 2.13. The first-order chi connectivity index (χ1) is 11.7. The average Bonchev–Trinajstić information content (AvgIpc) is 2.98. The predicted octanol–water partition coefficient (Wildman–Crippen LogP) is 2.56. The third-order valence-electron chi connectivity index (χ3n) is 4.64. The molecular weight excluding hydrogens is 338 g/mol. The summed E-state index contributed by atoms with van der Waals surface area (Å²) >= 11 is 0. The van der Waals surface area contributed by atoms with Crippen LogP contribution in [0.2, 0.25) is 0 Å². The van der Waals surface area contributed by atoms with Crippen LogP contribution in [0.25, 0.3) is 0 Å². The molecule has 0 bridgehead atoms. The molecule has 2 heterocycles. The normalized spacial score (nSPS) is 26.2. The molecule has 3 rings (SSSR count). The minimum Gasteiger partial charge on any atom is -0.385 e. The van der Waals surface area contributed by atoms with Gasteiger partial charge in [-0.3, -0.25) is 0 Å². The third kappa shape index (κ3) is 2.81. The van der Waals surface area contributed by atoms with E-state index in [0.717, 1.165) is 0 Å². The maximum Gasteiger partial charge on any atom is 0.223 e. The number of nitrogens with zero attached hydrogens (tertiary/aromatic N) is 3. The molecule has 0 unspecified atom stereocenters. The lowest BCUT2D eigenvalue weighted by molar-refractivity contribution is 0.0264. The Labute approximate surface area is 148 Å². The van der Waals surface area contributed by atoms with Gasteiger partial charge in [-0.1, -0.05) is 44.1 Å². The summed E-state index contributed by atoms with van der Waals surface area (Å²) in [6.07, 6.45) is 1.06. The summed E-state index contributed by atoms with van der Waals surface area (Å²) in [6, 6.07) is 10.2. The number of sulfone groups is 1. The summed E-state index contributed by atoms with van der Waals surface area (Å²) in [5.74, 6) is -0.533. The minimum atomic E-state index is -3.80. The summed E-state index contributed by atoms with van der Waals surface area (Å²) < 4.78 is 26.3. The van der Waals surface area contributed by atoms with Crippen LogP contribution in [0.15, 0.2) is 52.2 Å². The number of nitriles is 1. The maximum absolute atomic E-state index is 13.1. The Kier molecular flexibility index (Phi) is 4.12. The van der Waals surface area contributed by atoms with Crippen LogP contribution in [-0.2, 0) is 14.7 Å². The fourth-order valence-electron chi connectivity index (χ4n) is 3.73. The maximum atomic E-state index is 13.1. The summed E-state index contributed by atoms with van der Waals surface area (Å²) in [6.45, 7) is 6.13. The summed E-state index contributed by atoms with van der Waals surface area (Å²) in [5.41, 5.74) is 0.144. The first-order valence-electron chi connectivity index (χ1n) is 8.05. The van der Waals surface area contributed by atoms with Gasteiger partial charge in [0.1, 0.15) is 6.07 Å². The van der Waals surface area contributed by atoms with Gasteiger partial charge in [-0.15, -0.1) is 0 Å². The first kappa shape index (κ1) is 17.5. The smallest absolute Gasteiger partial charge is 0.223 e. The molecule has 0 radical (unpaired) electrons. The van der Waals surface area contributed by atoms with Gasteiger partial charge in [-0.2, -0.15) is 5.26 Å². The first-order valence-corrected chi connectivity index (χ1v) is 9.54. The van der Waals surface area contributed by atoms with Crippen LogP contribution in [0.3, 0.4) is 0 Å². The Bertz CT molecular complexity index is 876. The van der Waals surface area contributed by atoms with Crippen LogP contribution in [-0.4, -0.2) is 37.6 Å². The van der Waals surface area contributed by atoms with Crippen LogP contribution in [0.4, 0.5) is 0 Å². The van der Waals surface area contributed by atoms with Crippen LogP contribution < -0.4 is 0 Å². The van der Waals surface area contributed by atoms with Crippen LogP contribution in [0, 0.1) is 22.7 Å². The lowest BCUT2D eigenvalue weighted by Crippen LogP contribution is -2.54. The van der Waals surface area contributed by atoms with E-state index in [2.05, 4.69) is 11.2 Å². The zero-order valence-electron chi connectivity index (χ0n) is 14.7. The third-order valence-corrected chi connectivity index (χ3v) is 6.43. The van der Waals surface area contributed by atoms with Crippen LogP contribution in [0.5, 0.6) is 0 Å². The molecule has 0 aliphatic carbocycles. The van der Waals surface area contributed by atoms with E-state index in [9.17, 15) is 13.7 Å². The molecule has 1 aromatic rings. The second-order valence-electron chi connectivity index (χ2n) is 7.47. The Hall–Kier alpha value is -2.33. The zero-order chi connectivity index (χ0) is 18.4. The van der Waals surface area contributed by atoms with Crippen molar-refractivity contribution in [3.63, 3.8) is 0 Å². The van der Waals surface area contributed by atoms with Crippen molar-refractivity contribution < 1.29 is 13.3 Å². The van der Waals surface area contributed by atoms with Gasteiger partial charge in [0, 0.05) is 19.3 Å². The molecule has 25 heavy (non-hydrogen) atoms. The van der Waals surface area contributed by atoms with E-state index < -0.39 is 21.9 Å². The summed E-state index contributed by atoms with van der Waals surface area (Å²) in [4.78, 5) is 7.53. The van der Waals surface area contributed by atoms with Gasteiger partial charge in [0.15, 0.2) is 11.1 Å². The summed E-state index contributed by atoms with van der Waals surface area (Å²) in [5, 5.41) is 13.4. The molecule has 0 amide bonds. The van der Waals surface area contributed by atoms with Crippen molar-refractivity contribution in [3.8, 4) is 6.07 Å². The minimum absolute atomic E-state index is 0.00340. The quantitative estimate of drug-likeness (QED) is 0.769. The SMILES string of the molecule is CN1C=C(C#N)[C@H]2ON=C(S(=O)(=O)c3ccccc3)[C@H]2[C@@H]1C(C)(C)C. The van der Waals surface area contributed by atoms with Crippen molar-refractivity contribution in [3.05, 3.63) is 42.1 Å². The molecule has 1 aromatic carbocycles. The second-order valence-corrected chi connectivity index (χ2v) is 9.37. The largest absolute Gasteiger partial charge is 0.385 e. The number of hydrogen-bond donors (Lipinski definition) is 0. The fraction of sp³-hybridized carbons (Fsp3) is 0.444. The molecule has 6 nitrogen and oxygen atoms in total. The average molecular weight is 359 g/mol. The number of fused-ring (bicyclic) bond motifs is 1. The second kappa shape index (κ2) is 5.88. The van der Waals surface area contributed by atoms with Crippen molar-refractivity contribution >= 4 is 14.9 Å². The van der Waals surface area contributed by atoms with Crippen molar-refractivity contribution in [2.45, 2.75) is 37.8 Å². The summed E-state index contributed by atoms with van der Waals surface area (Å²) in [7, 11) is -1.94. The van der Waals surface area contributed by atoms with E-state index in [-0.39, 0.29) is 21.4 Å². The van der Waals surface area contributed by atoms with Crippen molar-refractivity contribution in [2.75, 3.05) is 7.05 Å². The predicted molar refractivity (Wildman–Crippen MR) is 94.1 cm³/mol. The monoisotopic (exact) mass is 359 g/mol. The van der Waals surface area contributed by atoms with Gasteiger partial charge < -0.3 is 9.74 Å². The number of rotatable bonds is 1. The topological polar surface area (TPSA) is 82.8 Å². The fourth-order valence-corrected chi connectivity index (χ4v) is 5.24. The highest BCUT2D eigenvalue weighted by atomic mass is 32.2. The van der Waals surface area contributed by atoms with E-state index in [0.29, 0.717) is 5.57 Å². The molecule has 0 spiro atoms. The molecule has 0 saturated carbocycles. The number of benzene rings is 1. The zero-order valence-corrected chi connectivity index (χ0v) is 15.5. The van der Waals surface area contributed by atoms with Crippen molar-refractivity contribution in [1.82, 2.24) is 4.90 Å². The van der Waals surface area contributed by atoms with Gasteiger partial charge in [0.25, 0.3) is 0 Å². The van der Waals surface area contributed by atoms with E-state index >= 15 is 0 Å². The molecule has 132 valence electrons. The van der Waals surface area contributed by atoms with E-state index in [4.69, 9.17) is 4.84 Å². The lowest BCUT2D eigenvalue weighted by Gasteiger charge is -2.45. The Morgan fingerprint density at radius 1 is 1.24 bits per heavy atom.